The van der Waals surface area contributed by atoms with Gasteiger partial charge in [0.05, 0.1) is 12.1 Å². The maximum atomic E-state index is 6.16. The van der Waals surface area contributed by atoms with Crippen molar-refractivity contribution >= 4 is 0 Å². The summed E-state index contributed by atoms with van der Waals surface area (Å²) in [6, 6.07) is 10.1. The third kappa shape index (κ3) is 5.33. The van der Waals surface area contributed by atoms with E-state index in [-0.39, 0.29) is 12.1 Å². The summed E-state index contributed by atoms with van der Waals surface area (Å²) in [5, 5.41) is 0. The average molecular weight is 235 g/mol. The highest BCUT2D eigenvalue weighted by Crippen LogP contribution is 2.20. The molecule has 2 nitrogen and oxygen atoms in total. The molecule has 2 unspecified atom stereocenters. The molecule has 0 heterocycles. The van der Waals surface area contributed by atoms with Crippen LogP contribution in [-0.2, 0) is 4.74 Å². The largest absolute Gasteiger partial charge is 0.377 e. The molecule has 2 atom stereocenters. The van der Waals surface area contributed by atoms with Gasteiger partial charge in [-0.25, -0.2) is 0 Å². The van der Waals surface area contributed by atoms with E-state index in [2.05, 4.69) is 20.8 Å². The van der Waals surface area contributed by atoms with Gasteiger partial charge in [-0.2, -0.15) is 0 Å². The van der Waals surface area contributed by atoms with Gasteiger partial charge in [-0.1, -0.05) is 51.1 Å². The van der Waals surface area contributed by atoms with Crippen molar-refractivity contribution in [3.8, 4) is 0 Å². The molecule has 0 aromatic heterocycles. The number of nitrogens with two attached hydrogens (primary N) is 1. The van der Waals surface area contributed by atoms with Crippen LogP contribution in [0.1, 0.15) is 45.7 Å². The van der Waals surface area contributed by atoms with E-state index < -0.39 is 0 Å². The summed E-state index contributed by atoms with van der Waals surface area (Å²) >= 11 is 0. The van der Waals surface area contributed by atoms with Gasteiger partial charge in [-0.05, 0) is 24.3 Å². The molecule has 0 amide bonds. The highest BCUT2D eigenvalue weighted by atomic mass is 16.5. The van der Waals surface area contributed by atoms with Crippen LogP contribution in [0.3, 0.4) is 0 Å². The van der Waals surface area contributed by atoms with Gasteiger partial charge in [-0.15, -0.1) is 0 Å². The van der Waals surface area contributed by atoms with Crippen LogP contribution in [0.15, 0.2) is 30.3 Å². The number of rotatable bonds is 5. The molecule has 0 bridgehead atoms. The van der Waals surface area contributed by atoms with E-state index in [1.54, 1.807) is 0 Å². The Bertz CT molecular complexity index is 315. The summed E-state index contributed by atoms with van der Waals surface area (Å²) in [5.74, 6) is 0. The third-order valence-corrected chi connectivity index (χ3v) is 2.92. The minimum absolute atomic E-state index is 0.0452. The van der Waals surface area contributed by atoms with E-state index in [1.165, 1.54) is 0 Å². The summed E-state index contributed by atoms with van der Waals surface area (Å²) < 4.78 is 5.81. The molecule has 0 aliphatic carbocycles. The number of hydrogen-bond donors (Lipinski definition) is 1. The first-order chi connectivity index (χ1) is 7.90. The zero-order chi connectivity index (χ0) is 12.9. The van der Waals surface area contributed by atoms with Crippen LogP contribution in [0.4, 0.5) is 0 Å². The maximum absolute atomic E-state index is 6.16. The molecular weight excluding hydrogens is 210 g/mol. The fourth-order valence-corrected chi connectivity index (χ4v) is 1.60. The van der Waals surface area contributed by atoms with Gasteiger partial charge in [0, 0.05) is 6.61 Å². The van der Waals surface area contributed by atoms with Crippen molar-refractivity contribution in [2.24, 2.45) is 11.1 Å². The zero-order valence-electron chi connectivity index (χ0n) is 11.4. The molecule has 1 rings (SSSR count). The maximum Gasteiger partial charge on any atom is 0.0739 e. The monoisotopic (exact) mass is 235 g/mol. The first-order valence-corrected chi connectivity index (χ1v) is 6.32. The normalized spacial score (nSPS) is 15.6. The van der Waals surface area contributed by atoms with Crippen molar-refractivity contribution in [3.05, 3.63) is 35.9 Å². The van der Waals surface area contributed by atoms with Gasteiger partial charge in [0.2, 0.25) is 0 Å². The Balaban J connectivity index is 2.40. The lowest BCUT2D eigenvalue weighted by Crippen LogP contribution is -2.27. The molecule has 96 valence electrons. The topological polar surface area (TPSA) is 35.2 Å². The summed E-state index contributed by atoms with van der Waals surface area (Å²) in [4.78, 5) is 0. The minimum Gasteiger partial charge on any atom is -0.377 e. The predicted molar refractivity (Wildman–Crippen MR) is 72.9 cm³/mol. The molecule has 0 saturated heterocycles. The molecule has 17 heavy (non-hydrogen) atoms. The second kappa shape index (κ2) is 6.18. The molecule has 0 radical (unpaired) electrons. The molecule has 0 aliphatic heterocycles. The van der Waals surface area contributed by atoms with E-state index in [9.17, 15) is 0 Å². The molecule has 1 aromatic carbocycles. The van der Waals surface area contributed by atoms with E-state index >= 15 is 0 Å². The Labute approximate surface area is 105 Å². The summed E-state index contributed by atoms with van der Waals surface area (Å²) in [6.45, 7) is 9.47. The molecule has 1 aromatic rings. The van der Waals surface area contributed by atoms with Gasteiger partial charge < -0.3 is 10.5 Å². The standard InChI is InChI=1S/C15H25NO/c1-12(17-11-10-15(2,3)4)14(16)13-8-6-5-7-9-13/h5-9,12,14H,10-11,16H2,1-4H3. The lowest BCUT2D eigenvalue weighted by atomic mass is 9.93. The van der Waals surface area contributed by atoms with Crippen molar-refractivity contribution in [1.82, 2.24) is 0 Å². The van der Waals surface area contributed by atoms with E-state index in [0.717, 1.165) is 18.6 Å². The van der Waals surface area contributed by atoms with Crippen molar-refractivity contribution < 1.29 is 4.74 Å². The SMILES string of the molecule is CC(OCCC(C)(C)C)C(N)c1ccccc1. The van der Waals surface area contributed by atoms with E-state index in [1.807, 2.05) is 37.3 Å². The lowest BCUT2D eigenvalue weighted by molar-refractivity contribution is 0.0333. The number of benzene rings is 1. The van der Waals surface area contributed by atoms with Crippen LogP contribution < -0.4 is 5.73 Å². The van der Waals surface area contributed by atoms with E-state index in [4.69, 9.17) is 10.5 Å². The van der Waals surface area contributed by atoms with Gasteiger partial charge in [0.1, 0.15) is 0 Å². The first-order valence-electron chi connectivity index (χ1n) is 6.32. The molecular formula is C15H25NO. The predicted octanol–water partition coefficient (Wildman–Crippen LogP) is 3.53. The zero-order valence-corrected chi connectivity index (χ0v) is 11.4. The van der Waals surface area contributed by atoms with Crippen LogP contribution >= 0.6 is 0 Å². The molecule has 0 spiro atoms. The Morgan fingerprint density at radius 2 is 1.76 bits per heavy atom. The quantitative estimate of drug-likeness (QED) is 0.847. The van der Waals surface area contributed by atoms with Gasteiger partial charge in [0.25, 0.3) is 0 Å². The molecule has 0 fully saturated rings. The summed E-state index contributed by atoms with van der Waals surface area (Å²) in [7, 11) is 0. The smallest absolute Gasteiger partial charge is 0.0739 e. The fourth-order valence-electron chi connectivity index (χ4n) is 1.60. The Hall–Kier alpha value is -0.860. The van der Waals surface area contributed by atoms with Crippen LogP contribution in [0.5, 0.6) is 0 Å². The first kappa shape index (κ1) is 14.2. The fraction of sp³-hybridized carbons (Fsp3) is 0.600. The lowest BCUT2D eigenvalue weighted by Gasteiger charge is -2.23. The highest BCUT2D eigenvalue weighted by molar-refractivity contribution is 5.19. The van der Waals surface area contributed by atoms with Crippen LogP contribution in [-0.4, -0.2) is 12.7 Å². The van der Waals surface area contributed by atoms with Crippen molar-refractivity contribution in [2.75, 3.05) is 6.61 Å². The van der Waals surface area contributed by atoms with Crippen molar-refractivity contribution in [3.63, 3.8) is 0 Å². The van der Waals surface area contributed by atoms with Gasteiger partial charge >= 0.3 is 0 Å². The van der Waals surface area contributed by atoms with Gasteiger partial charge in [0.15, 0.2) is 0 Å². The highest BCUT2D eigenvalue weighted by Gasteiger charge is 2.16. The second-order valence-corrected chi connectivity index (χ2v) is 5.82. The van der Waals surface area contributed by atoms with Crippen molar-refractivity contribution in [2.45, 2.75) is 46.3 Å². The summed E-state index contributed by atoms with van der Waals surface area (Å²) in [6.07, 6.45) is 1.11. The number of ether oxygens (including phenoxy) is 1. The Kier molecular flexibility index (Phi) is 5.16. The van der Waals surface area contributed by atoms with E-state index in [0.29, 0.717) is 5.41 Å². The summed E-state index contributed by atoms with van der Waals surface area (Å²) in [5.41, 5.74) is 7.61. The molecule has 2 N–H and O–H groups in total. The van der Waals surface area contributed by atoms with Crippen molar-refractivity contribution in [1.29, 1.82) is 0 Å². The Morgan fingerprint density at radius 1 is 1.18 bits per heavy atom. The molecule has 2 heteroatoms. The van der Waals surface area contributed by atoms with Gasteiger partial charge in [-0.3, -0.25) is 0 Å². The number of hydrogen-bond acceptors (Lipinski definition) is 2. The molecule has 0 saturated carbocycles. The van der Waals surface area contributed by atoms with Crippen LogP contribution in [0.2, 0.25) is 0 Å². The second-order valence-electron chi connectivity index (χ2n) is 5.82. The Morgan fingerprint density at radius 3 is 2.29 bits per heavy atom. The molecule has 0 aliphatic rings. The van der Waals surface area contributed by atoms with Crippen LogP contribution in [0, 0.1) is 5.41 Å². The van der Waals surface area contributed by atoms with Crippen LogP contribution in [0.25, 0.3) is 0 Å². The minimum atomic E-state index is -0.0452. The average Bonchev–Trinajstić information content (AvgIpc) is 2.27. The third-order valence-electron chi connectivity index (χ3n) is 2.92.